The number of nitrogens with one attached hydrogen (secondary N) is 1. The van der Waals surface area contributed by atoms with E-state index in [0.29, 0.717) is 12.5 Å². The Hall–Kier alpha value is -0.810. The molecule has 1 aromatic carbocycles. The minimum Gasteiger partial charge on any atom is -0.353 e. The lowest BCUT2D eigenvalue weighted by Crippen LogP contribution is -2.49. The Morgan fingerprint density at radius 2 is 1.96 bits per heavy atom. The van der Waals surface area contributed by atoms with Crippen LogP contribution in [0.25, 0.3) is 0 Å². The van der Waals surface area contributed by atoms with Crippen molar-refractivity contribution in [2.75, 3.05) is 13.1 Å². The van der Waals surface area contributed by atoms with Crippen molar-refractivity contribution in [1.82, 2.24) is 10.2 Å². The Morgan fingerprint density at radius 3 is 2.61 bits per heavy atom. The fourth-order valence-corrected chi connectivity index (χ4v) is 3.07. The van der Waals surface area contributed by atoms with Crippen molar-refractivity contribution in [1.29, 1.82) is 0 Å². The Bertz CT molecular complexity index is 522. The van der Waals surface area contributed by atoms with E-state index in [4.69, 9.17) is 5.73 Å². The van der Waals surface area contributed by atoms with E-state index in [-0.39, 0.29) is 42.8 Å². The van der Waals surface area contributed by atoms with Crippen LogP contribution in [0.5, 0.6) is 0 Å². The van der Waals surface area contributed by atoms with E-state index < -0.39 is 0 Å². The van der Waals surface area contributed by atoms with Crippen molar-refractivity contribution in [2.24, 2.45) is 11.7 Å². The second kappa shape index (κ2) is 8.88. The highest BCUT2D eigenvalue weighted by Crippen LogP contribution is 2.31. The highest BCUT2D eigenvalue weighted by atomic mass is 35.5. The monoisotopic (exact) mass is 359 g/mol. The third-order valence-corrected chi connectivity index (χ3v) is 4.83. The zero-order valence-electron chi connectivity index (χ0n) is 13.5. The van der Waals surface area contributed by atoms with Crippen LogP contribution in [0.4, 0.5) is 0 Å². The molecule has 2 aliphatic rings. The number of carbonyl (C=O) groups excluding carboxylic acids is 1. The van der Waals surface area contributed by atoms with Gasteiger partial charge in [-0.2, -0.15) is 0 Å². The summed E-state index contributed by atoms with van der Waals surface area (Å²) in [7, 11) is 0. The number of amides is 1. The molecule has 3 N–H and O–H groups in total. The van der Waals surface area contributed by atoms with Crippen LogP contribution in [0.1, 0.15) is 30.9 Å². The molecule has 4 nitrogen and oxygen atoms in total. The third-order valence-electron chi connectivity index (χ3n) is 4.83. The SMILES string of the molecule is CC(C(=O)NCC(N)C1CC1)N1CCc2ccccc2C1.Cl.Cl. The van der Waals surface area contributed by atoms with Crippen molar-refractivity contribution < 1.29 is 4.79 Å². The van der Waals surface area contributed by atoms with E-state index in [1.165, 1.54) is 24.0 Å². The molecule has 130 valence electrons. The van der Waals surface area contributed by atoms with Crippen LogP contribution in [0.3, 0.4) is 0 Å². The molecule has 1 saturated carbocycles. The summed E-state index contributed by atoms with van der Waals surface area (Å²) < 4.78 is 0. The number of hydrogen-bond donors (Lipinski definition) is 2. The summed E-state index contributed by atoms with van der Waals surface area (Å²) >= 11 is 0. The largest absolute Gasteiger partial charge is 0.353 e. The number of hydrogen-bond acceptors (Lipinski definition) is 3. The van der Waals surface area contributed by atoms with Gasteiger partial charge in [-0.25, -0.2) is 0 Å². The number of rotatable bonds is 5. The fraction of sp³-hybridized carbons (Fsp3) is 0.588. The summed E-state index contributed by atoms with van der Waals surface area (Å²) in [4.78, 5) is 14.5. The molecule has 0 spiro atoms. The molecule has 1 aromatic rings. The molecule has 0 radical (unpaired) electrons. The molecule has 6 heteroatoms. The number of halogens is 2. The molecule has 2 atom stereocenters. The summed E-state index contributed by atoms with van der Waals surface area (Å²) in [5, 5.41) is 3.02. The van der Waals surface area contributed by atoms with Gasteiger partial charge in [0.25, 0.3) is 0 Å². The number of nitrogens with zero attached hydrogens (tertiary/aromatic N) is 1. The predicted octanol–water partition coefficient (Wildman–Crippen LogP) is 2.13. The van der Waals surface area contributed by atoms with E-state index in [2.05, 4.69) is 34.5 Å². The highest BCUT2D eigenvalue weighted by Gasteiger charge is 2.30. The summed E-state index contributed by atoms with van der Waals surface area (Å²) in [5.74, 6) is 0.730. The van der Waals surface area contributed by atoms with E-state index in [1.807, 2.05) is 6.92 Å². The first kappa shape index (κ1) is 20.2. The van der Waals surface area contributed by atoms with E-state index in [1.54, 1.807) is 0 Å². The van der Waals surface area contributed by atoms with Gasteiger partial charge >= 0.3 is 0 Å². The number of carbonyl (C=O) groups is 1. The third kappa shape index (κ3) is 5.08. The molecule has 0 aromatic heterocycles. The molecule has 0 saturated heterocycles. The van der Waals surface area contributed by atoms with Crippen LogP contribution < -0.4 is 11.1 Å². The number of nitrogens with two attached hydrogens (primary N) is 1. The van der Waals surface area contributed by atoms with Crippen LogP contribution in [-0.4, -0.2) is 36.0 Å². The Balaban J connectivity index is 0.00000132. The van der Waals surface area contributed by atoms with Crippen molar-refractivity contribution in [3.63, 3.8) is 0 Å². The van der Waals surface area contributed by atoms with Gasteiger partial charge in [0.15, 0.2) is 0 Å². The minimum atomic E-state index is -0.0928. The molecular formula is C17H27Cl2N3O. The maximum atomic E-state index is 12.3. The van der Waals surface area contributed by atoms with Crippen LogP contribution in [0.2, 0.25) is 0 Å². The maximum Gasteiger partial charge on any atom is 0.237 e. The van der Waals surface area contributed by atoms with Gasteiger partial charge in [0.05, 0.1) is 6.04 Å². The average molecular weight is 360 g/mol. The first-order valence-corrected chi connectivity index (χ1v) is 7.99. The lowest BCUT2D eigenvalue weighted by Gasteiger charge is -2.33. The zero-order valence-corrected chi connectivity index (χ0v) is 15.2. The second-order valence-corrected chi connectivity index (χ2v) is 6.41. The van der Waals surface area contributed by atoms with E-state index in [0.717, 1.165) is 19.5 Å². The van der Waals surface area contributed by atoms with E-state index in [9.17, 15) is 4.79 Å². The van der Waals surface area contributed by atoms with Gasteiger partial charge in [-0.3, -0.25) is 9.69 Å². The number of benzene rings is 1. The van der Waals surface area contributed by atoms with Crippen LogP contribution in [-0.2, 0) is 17.8 Å². The standard InChI is InChI=1S/C17H25N3O.2ClH/c1-12(17(21)19-10-16(18)14-6-7-14)20-9-8-13-4-2-3-5-15(13)11-20;;/h2-5,12,14,16H,6-11,18H2,1H3,(H,19,21);2*1H. The smallest absolute Gasteiger partial charge is 0.237 e. The Kier molecular flexibility index (Phi) is 7.81. The lowest BCUT2D eigenvalue weighted by molar-refractivity contribution is -0.126. The quantitative estimate of drug-likeness (QED) is 0.846. The molecule has 1 aliphatic carbocycles. The molecule has 23 heavy (non-hydrogen) atoms. The van der Waals surface area contributed by atoms with Crippen LogP contribution in [0, 0.1) is 5.92 Å². The van der Waals surface area contributed by atoms with Gasteiger partial charge in [-0.05, 0) is 43.2 Å². The average Bonchev–Trinajstić information content (AvgIpc) is 3.36. The van der Waals surface area contributed by atoms with Gasteiger partial charge in [0.1, 0.15) is 0 Å². The lowest BCUT2D eigenvalue weighted by atomic mass is 9.99. The van der Waals surface area contributed by atoms with E-state index >= 15 is 0 Å². The molecule has 1 fully saturated rings. The van der Waals surface area contributed by atoms with Crippen molar-refractivity contribution in [2.45, 2.75) is 44.8 Å². The Labute approximate surface area is 151 Å². The summed E-state index contributed by atoms with van der Waals surface area (Å²) in [6, 6.07) is 8.54. The molecular weight excluding hydrogens is 333 g/mol. The van der Waals surface area contributed by atoms with Crippen molar-refractivity contribution in [3.05, 3.63) is 35.4 Å². The molecule has 1 amide bonds. The molecule has 2 unspecified atom stereocenters. The van der Waals surface area contributed by atoms with Crippen LogP contribution >= 0.6 is 24.8 Å². The molecule has 3 rings (SSSR count). The van der Waals surface area contributed by atoms with Gasteiger partial charge in [-0.1, -0.05) is 24.3 Å². The maximum absolute atomic E-state index is 12.3. The van der Waals surface area contributed by atoms with Gasteiger partial charge in [0.2, 0.25) is 5.91 Å². The normalized spacial score (nSPS) is 19.6. The summed E-state index contributed by atoms with van der Waals surface area (Å²) in [6.07, 6.45) is 3.46. The topological polar surface area (TPSA) is 58.4 Å². The number of fused-ring (bicyclic) bond motifs is 1. The predicted molar refractivity (Wildman–Crippen MR) is 98.2 cm³/mol. The van der Waals surface area contributed by atoms with Crippen LogP contribution in [0.15, 0.2) is 24.3 Å². The van der Waals surface area contributed by atoms with Gasteiger partial charge < -0.3 is 11.1 Å². The summed E-state index contributed by atoms with van der Waals surface area (Å²) in [5.41, 5.74) is 8.80. The van der Waals surface area contributed by atoms with Gasteiger partial charge in [0, 0.05) is 25.7 Å². The Morgan fingerprint density at radius 1 is 1.30 bits per heavy atom. The second-order valence-electron chi connectivity index (χ2n) is 6.41. The minimum absolute atomic E-state index is 0. The highest BCUT2D eigenvalue weighted by molar-refractivity contribution is 5.85. The molecule has 1 aliphatic heterocycles. The van der Waals surface area contributed by atoms with Crippen molar-refractivity contribution >= 4 is 30.7 Å². The fourth-order valence-electron chi connectivity index (χ4n) is 3.07. The zero-order chi connectivity index (χ0) is 14.8. The van der Waals surface area contributed by atoms with Gasteiger partial charge in [-0.15, -0.1) is 24.8 Å². The molecule has 0 bridgehead atoms. The molecule has 1 heterocycles. The first-order chi connectivity index (χ1) is 10.1. The summed E-state index contributed by atoms with van der Waals surface area (Å²) in [6.45, 7) is 4.41. The van der Waals surface area contributed by atoms with Crippen molar-refractivity contribution in [3.8, 4) is 0 Å². The first-order valence-electron chi connectivity index (χ1n) is 7.99.